The minimum Gasteiger partial charge on any atom is -0.373 e. The van der Waals surface area contributed by atoms with Crippen LogP contribution in [0.2, 0.25) is 0 Å². The molecule has 3 rings (SSSR count). The molecule has 0 spiro atoms. The highest BCUT2D eigenvalue weighted by Gasteiger charge is 2.18. The molecule has 1 aliphatic rings. The van der Waals surface area contributed by atoms with E-state index in [4.69, 9.17) is 10.5 Å². The number of nitrogens with two attached hydrogens (primary N) is 1. The molecule has 0 unspecified atom stereocenters. The van der Waals surface area contributed by atoms with Gasteiger partial charge in [0.15, 0.2) is 0 Å². The van der Waals surface area contributed by atoms with E-state index in [0.717, 1.165) is 28.0 Å². The third-order valence-corrected chi connectivity index (χ3v) is 5.27. The van der Waals surface area contributed by atoms with Crippen molar-refractivity contribution >= 4 is 21.4 Å². The summed E-state index contributed by atoms with van der Waals surface area (Å²) >= 11 is 1.58. The lowest BCUT2D eigenvalue weighted by atomic mass is 9.98. The highest BCUT2D eigenvalue weighted by molar-refractivity contribution is 7.19. The lowest BCUT2D eigenvalue weighted by Gasteiger charge is -2.22. The maximum Gasteiger partial charge on any atom is 0.132 e. The summed E-state index contributed by atoms with van der Waals surface area (Å²) in [5.74, 6) is -0.166. The molecule has 1 aromatic carbocycles. The lowest BCUT2D eigenvalue weighted by molar-refractivity contribution is 0.0172. The number of rotatable bonds is 4. The molecule has 108 valence electrons. The molecule has 0 radical (unpaired) electrons. The fraction of sp³-hybridized carbons (Fsp3) is 0.500. The van der Waals surface area contributed by atoms with Gasteiger partial charge in [0.25, 0.3) is 0 Å². The van der Waals surface area contributed by atoms with Crippen molar-refractivity contribution in [2.24, 2.45) is 5.73 Å². The van der Waals surface area contributed by atoms with Gasteiger partial charge in [-0.05, 0) is 25.0 Å². The predicted molar refractivity (Wildman–Crippen MR) is 81.3 cm³/mol. The first kappa shape index (κ1) is 14.0. The summed E-state index contributed by atoms with van der Waals surface area (Å²) in [6.45, 7) is 0.931. The van der Waals surface area contributed by atoms with Crippen molar-refractivity contribution in [2.45, 2.75) is 51.4 Å². The van der Waals surface area contributed by atoms with Crippen LogP contribution >= 0.6 is 11.3 Å². The molecule has 1 aromatic heterocycles. The zero-order valence-electron chi connectivity index (χ0n) is 11.5. The first-order valence-electron chi connectivity index (χ1n) is 7.30. The van der Waals surface area contributed by atoms with Gasteiger partial charge < -0.3 is 10.5 Å². The molecule has 20 heavy (non-hydrogen) atoms. The molecule has 1 saturated carbocycles. The Bertz CT molecular complexity index is 589. The van der Waals surface area contributed by atoms with Crippen LogP contribution < -0.4 is 5.73 Å². The SMILES string of the molecule is NCc1sc2cccc(F)c2c1COC1CCCCC1. The van der Waals surface area contributed by atoms with Gasteiger partial charge in [0.05, 0.1) is 12.7 Å². The third-order valence-electron chi connectivity index (χ3n) is 4.05. The molecule has 1 fully saturated rings. The normalized spacial score (nSPS) is 16.9. The number of hydrogen-bond acceptors (Lipinski definition) is 3. The molecule has 0 amide bonds. The molecular formula is C16H20FNOS. The van der Waals surface area contributed by atoms with Crippen molar-refractivity contribution in [3.05, 3.63) is 34.5 Å². The topological polar surface area (TPSA) is 35.2 Å². The number of thiophene rings is 1. The number of halogens is 1. The van der Waals surface area contributed by atoms with Crippen LogP contribution in [0.15, 0.2) is 18.2 Å². The molecular weight excluding hydrogens is 273 g/mol. The van der Waals surface area contributed by atoms with Crippen LogP contribution in [0.25, 0.3) is 10.1 Å². The second kappa shape index (κ2) is 6.20. The van der Waals surface area contributed by atoms with E-state index in [0.29, 0.717) is 24.6 Å². The quantitative estimate of drug-likeness (QED) is 0.909. The van der Waals surface area contributed by atoms with Crippen LogP contribution in [-0.2, 0) is 17.9 Å². The smallest absolute Gasteiger partial charge is 0.132 e. The average molecular weight is 293 g/mol. The summed E-state index contributed by atoms with van der Waals surface area (Å²) in [5.41, 5.74) is 6.76. The van der Waals surface area contributed by atoms with E-state index in [2.05, 4.69) is 0 Å². The molecule has 4 heteroatoms. The van der Waals surface area contributed by atoms with Crippen molar-refractivity contribution in [3.63, 3.8) is 0 Å². The van der Waals surface area contributed by atoms with Crippen molar-refractivity contribution in [3.8, 4) is 0 Å². The van der Waals surface area contributed by atoms with E-state index in [1.165, 1.54) is 25.3 Å². The summed E-state index contributed by atoms with van der Waals surface area (Å²) in [6.07, 6.45) is 6.38. The van der Waals surface area contributed by atoms with Crippen LogP contribution in [0.1, 0.15) is 42.5 Å². The Kier molecular flexibility index (Phi) is 4.34. The number of ether oxygens (including phenoxy) is 1. The third kappa shape index (κ3) is 2.73. The van der Waals surface area contributed by atoms with Crippen molar-refractivity contribution in [1.29, 1.82) is 0 Å². The Balaban J connectivity index is 1.85. The Morgan fingerprint density at radius 1 is 1.25 bits per heavy atom. The van der Waals surface area contributed by atoms with Crippen LogP contribution in [0, 0.1) is 5.82 Å². The van der Waals surface area contributed by atoms with E-state index in [-0.39, 0.29) is 5.82 Å². The largest absolute Gasteiger partial charge is 0.373 e. The lowest BCUT2D eigenvalue weighted by Crippen LogP contribution is -2.16. The summed E-state index contributed by atoms with van der Waals surface area (Å²) in [5, 5.41) is 0.703. The molecule has 0 bridgehead atoms. The number of fused-ring (bicyclic) bond motifs is 1. The predicted octanol–water partition coefficient (Wildman–Crippen LogP) is 4.35. The Labute approximate surface area is 122 Å². The first-order valence-corrected chi connectivity index (χ1v) is 8.11. The molecule has 1 aliphatic carbocycles. The van der Waals surface area contributed by atoms with Crippen LogP contribution in [-0.4, -0.2) is 6.10 Å². The monoisotopic (exact) mass is 293 g/mol. The average Bonchev–Trinajstić information content (AvgIpc) is 2.85. The number of benzene rings is 1. The van der Waals surface area contributed by atoms with Crippen LogP contribution in [0.3, 0.4) is 0 Å². The fourth-order valence-electron chi connectivity index (χ4n) is 2.97. The zero-order valence-corrected chi connectivity index (χ0v) is 12.3. The molecule has 0 saturated heterocycles. The minimum atomic E-state index is -0.166. The van der Waals surface area contributed by atoms with Gasteiger partial charge in [0.1, 0.15) is 5.82 Å². The minimum absolute atomic E-state index is 0.166. The van der Waals surface area contributed by atoms with Crippen LogP contribution in [0.5, 0.6) is 0 Å². The van der Waals surface area contributed by atoms with Gasteiger partial charge >= 0.3 is 0 Å². The Morgan fingerprint density at radius 2 is 2.05 bits per heavy atom. The number of hydrogen-bond donors (Lipinski definition) is 1. The maximum absolute atomic E-state index is 14.1. The maximum atomic E-state index is 14.1. The van der Waals surface area contributed by atoms with Crippen molar-refractivity contribution in [1.82, 2.24) is 0 Å². The molecule has 2 nitrogen and oxygen atoms in total. The van der Waals surface area contributed by atoms with E-state index in [1.54, 1.807) is 17.4 Å². The van der Waals surface area contributed by atoms with Gasteiger partial charge in [0, 0.05) is 27.1 Å². The van der Waals surface area contributed by atoms with E-state index in [9.17, 15) is 4.39 Å². The van der Waals surface area contributed by atoms with Gasteiger partial charge in [-0.15, -0.1) is 11.3 Å². The van der Waals surface area contributed by atoms with Gasteiger partial charge in [0.2, 0.25) is 0 Å². The standard InChI is InChI=1S/C16H20FNOS/c17-13-7-4-8-14-16(13)12(15(9-18)20-14)10-19-11-5-2-1-3-6-11/h4,7-8,11H,1-3,5-6,9-10,18H2. The van der Waals surface area contributed by atoms with Gasteiger partial charge in [-0.2, -0.15) is 0 Å². The van der Waals surface area contributed by atoms with E-state index in [1.807, 2.05) is 6.07 Å². The zero-order chi connectivity index (χ0) is 13.9. The molecule has 1 heterocycles. The summed E-state index contributed by atoms with van der Waals surface area (Å²) in [6, 6.07) is 5.21. The Hall–Kier alpha value is -0.970. The highest BCUT2D eigenvalue weighted by Crippen LogP contribution is 2.34. The summed E-state index contributed by atoms with van der Waals surface area (Å²) < 4.78 is 21.1. The summed E-state index contributed by atoms with van der Waals surface area (Å²) in [7, 11) is 0. The van der Waals surface area contributed by atoms with E-state index >= 15 is 0 Å². The second-order valence-corrected chi connectivity index (χ2v) is 6.53. The second-order valence-electron chi connectivity index (χ2n) is 5.39. The molecule has 0 atom stereocenters. The molecule has 0 aliphatic heterocycles. The fourth-order valence-corrected chi connectivity index (χ4v) is 4.07. The van der Waals surface area contributed by atoms with Gasteiger partial charge in [-0.3, -0.25) is 0 Å². The van der Waals surface area contributed by atoms with Gasteiger partial charge in [-0.25, -0.2) is 4.39 Å². The van der Waals surface area contributed by atoms with Crippen molar-refractivity contribution < 1.29 is 9.13 Å². The van der Waals surface area contributed by atoms with Gasteiger partial charge in [-0.1, -0.05) is 25.3 Å². The van der Waals surface area contributed by atoms with Crippen molar-refractivity contribution in [2.75, 3.05) is 0 Å². The van der Waals surface area contributed by atoms with E-state index < -0.39 is 0 Å². The van der Waals surface area contributed by atoms with Crippen LogP contribution in [0.4, 0.5) is 4.39 Å². The molecule has 2 aromatic rings. The summed E-state index contributed by atoms with van der Waals surface area (Å²) in [4.78, 5) is 1.04. The Morgan fingerprint density at radius 3 is 2.80 bits per heavy atom. The molecule has 2 N–H and O–H groups in total. The highest BCUT2D eigenvalue weighted by atomic mass is 32.1. The first-order chi connectivity index (χ1) is 9.79.